The minimum Gasteiger partial charge on any atom is -0.478 e. The lowest BCUT2D eigenvalue weighted by Crippen LogP contribution is -2.40. The molecule has 0 aliphatic carbocycles. The van der Waals surface area contributed by atoms with Crippen LogP contribution in [0, 0.1) is 0 Å². The number of hydrogen-bond donors (Lipinski definition) is 2. The van der Waals surface area contributed by atoms with E-state index in [1.54, 1.807) is 13.8 Å². The lowest BCUT2D eigenvalue weighted by atomic mass is 10.1. The van der Waals surface area contributed by atoms with Crippen molar-refractivity contribution in [2.45, 2.75) is 26.3 Å². The number of carboxylic acids is 1. The molecule has 12 heavy (non-hydrogen) atoms. The van der Waals surface area contributed by atoms with E-state index < -0.39 is 11.5 Å². The SMILES string of the molecule is CC(=O)NC(C)(C)/C=C/C(=O)O. The van der Waals surface area contributed by atoms with E-state index in [9.17, 15) is 9.59 Å². The first-order valence-corrected chi connectivity index (χ1v) is 3.54. The van der Waals surface area contributed by atoms with Gasteiger partial charge in [0.1, 0.15) is 0 Å². The summed E-state index contributed by atoms with van der Waals surface area (Å²) in [6.45, 7) is 4.82. The third-order valence-electron chi connectivity index (χ3n) is 1.14. The van der Waals surface area contributed by atoms with E-state index in [1.165, 1.54) is 13.0 Å². The Morgan fingerprint density at radius 2 is 1.92 bits per heavy atom. The van der Waals surface area contributed by atoms with Gasteiger partial charge in [-0.05, 0) is 13.8 Å². The van der Waals surface area contributed by atoms with Gasteiger partial charge in [-0.3, -0.25) is 4.79 Å². The standard InChI is InChI=1S/C8H13NO3/c1-6(10)9-8(2,3)5-4-7(11)12/h4-5H,1-3H3,(H,9,10)(H,11,12)/b5-4+. The Labute approximate surface area is 71.3 Å². The second-order valence-corrected chi connectivity index (χ2v) is 3.07. The first kappa shape index (κ1) is 10.7. The van der Waals surface area contributed by atoms with Crippen LogP contribution in [0.3, 0.4) is 0 Å². The zero-order valence-electron chi connectivity index (χ0n) is 7.42. The van der Waals surface area contributed by atoms with Crippen molar-refractivity contribution in [3.05, 3.63) is 12.2 Å². The highest BCUT2D eigenvalue weighted by Gasteiger charge is 2.14. The number of rotatable bonds is 3. The van der Waals surface area contributed by atoms with Crippen LogP contribution < -0.4 is 5.32 Å². The van der Waals surface area contributed by atoms with E-state index in [-0.39, 0.29) is 5.91 Å². The highest BCUT2D eigenvalue weighted by Crippen LogP contribution is 2.03. The lowest BCUT2D eigenvalue weighted by Gasteiger charge is -2.20. The van der Waals surface area contributed by atoms with Gasteiger partial charge in [0.05, 0.1) is 5.54 Å². The number of hydrogen-bond acceptors (Lipinski definition) is 2. The van der Waals surface area contributed by atoms with Crippen LogP contribution in [0.15, 0.2) is 12.2 Å². The van der Waals surface area contributed by atoms with Crippen molar-refractivity contribution in [2.24, 2.45) is 0 Å². The average molecular weight is 171 g/mol. The summed E-state index contributed by atoms with van der Waals surface area (Å²) >= 11 is 0. The van der Waals surface area contributed by atoms with Gasteiger partial charge in [0.2, 0.25) is 5.91 Å². The fourth-order valence-corrected chi connectivity index (χ4v) is 0.775. The molecule has 0 aliphatic rings. The number of aliphatic carboxylic acids is 1. The van der Waals surface area contributed by atoms with Crippen molar-refractivity contribution in [1.29, 1.82) is 0 Å². The maximum atomic E-state index is 10.6. The Hall–Kier alpha value is -1.32. The van der Waals surface area contributed by atoms with Gasteiger partial charge in [-0.25, -0.2) is 4.79 Å². The molecular formula is C8H13NO3. The molecule has 1 amide bonds. The van der Waals surface area contributed by atoms with Crippen molar-refractivity contribution < 1.29 is 14.7 Å². The largest absolute Gasteiger partial charge is 0.478 e. The summed E-state index contributed by atoms with van der Waals surface area (Å²) in [5, 5.41) is 10.9. The Balaban J connectivity index is 4.21. The van der Waals surface area contributed by atoms with Crippen LogP contribution in [0.2, 0.25) is 0 Å². The Kier molecular flexibility index (Phi) is 3.47. The molecule has 0 rings (SSSR count). The summed E-state index contributed by atoms with van der Waals surface area (Å²) in [5.41, 5.74) is -0.607. The molecular weight excluding hydrogens is 158 g/mol. The molecule has 2 N–H and O–H groups in total. The molecule has 0 fully saturated rings. The fourth-order valence-electron chi connectivity index (χ4n) is 0.775. The third kappa shape index (κ3) is 5.46. The van der Waals surface area contributed by atoms with Gasteiger partial charge in [-0.1, -0.05) is 6.08 Å². The van der Waals surface area contributed by atoms with Crippen molar-refractivity contribution in [3.8, 4) is 0 Å². The van der Waals surface area contributed by atoms with Crippen LogP contribution in [0.5, 0.6) is 0 Å². The summed E-state index contributed by atoms with van der Waals surface area (Å²) < 4.78 is 0. The predicted octanol–water partition coefficient (Wildman–Crippen LogP) is 0.542. The van der Waals surface area contributed by atoms with Crippen LogP contribution in [0.1, 0.15) is 20.8 Å². The Bertz CT molecular complexity index is 218. The summed E-state index contributed by atoms with van der Waals surface area (Å²) in [7, 11) is 0. The van der Waals surface area contributed by atoms with Gasteiger partial charge < -0.3 is 10.4 Å². The average Bonchev–Trinajstić information content (AvgIpc) is 1.81. The monoisotopic (exact) mass is 171 g/mol. The van der Waals surface area contributed by atoms with Gasteiger partial charge in [0.15, 0.2) is 0 Å². The lowest BCUT2D eigenvalue weighted by molar-refractivity contribution is -0.131. The molecule has 68 valence electrons. The molecule has 0 saturated carbocycles. The molecule has 0 radical (unpaired) electrons. The van der Waals surface area contributed by atoms with E-state index >= 15 is 0 Å². The van der Waals surface area contributed by atoms with Gasteiger partial charge in [0, 0.05) is 13.0 Å². The minimum atomic E-state index is -1.02. The third-order valence-corrected chi connectivity index (χ3v) is 1.14. The van der Waals surface area contributed by atoms with Crippen LogP contribution in [0.4, 0.5) is 0 Å². The van der Waals surface area contributed by atoms with Gasteiger partial charge in [-0.15, -0.1) is 0 Å². The van der Waals surface area contributed by atoms with Crippen LogP contribution in [-0.2, 0) is 9.59 Å². The summed E-state index contributed by atoms with van der Waals surface area (Å²) in [5.74, 6) is -1.21. The fraction of sp³-hybridized carbons (Fsp3) is 0.500. The number of amides is 1. The van der Waals surface area contributed by atoms with Crippen molar-refractivity contribution >= 4 is 11.9 Å². The van der Waals surface area contributed by atoms with Crippen molar-refractivity contribution in [3.63, 3.8) is 0 Å². The van der Waals surface area contributed by atoms with E-state index in [4.69, 9.17) is 5.11 Å². The predicted molar refractivity (Wildman–Crippen MR) is 44.7 cm³/mol. The molecule has 4 nitrogen and oxygen atoms in total. The normalized spacial score (nSPS) is 11.6. The molecule has 0 atom stereocenters. The molecule has 0 spiro atoms. The van der Waals surface area contributed by atoms with Crippen molar-refractivity contribution in [2.75, 3.05) is 0 Å². The summed E-state index contributed by atoms with van der Waals surface area (Å²) in [6, 6.07) is 0. The van der Waals surface area contributed by atoms with Crippen LogP contribution in [-0.4, -0.2) is 22.5 Å². The Morgan fingerprint density at radius 3 is 2.25 bits per heavy atom. The van der Waals surface area contributed by atoms with Crippen LogP contribution >= 0.6 is 0 Å². The summed E-state index contributed by atoms with van der Waals surface area (Å²) in [4.78, 5) is 20.7. The van der Waals surface area contributed by atoms with Gasteiger partial charge in [0.25, 0.3) is 0 Å². The Morgan fingerprint density at radius 1 is 1.42 bits per heavy atom. The van der Waals surface area contributed by atoms with E-state index in [1.807, 2.05) is 0 Å². The first-order valence-electron chi connectivity index (χ1n) is 3.54. The smallest absolute Gasteiger partial charge is 0.328 e. The maximum Gasteiger partial charge on any atom is 0.328 e. The van der Waals surface area contributed by atoms with E-state index in [0.29, 0.717) is 0 Å². The van der Waals surface area contributed by atoms with E-state index in [2.05, 4.69) is 5.32 Å². The number of carbonyl (C=O) groups excluding carboxylic acids is 1. The van der Waals surface area contributed by atoms with Crippen molar-refractivity contribution in [1.82, 2.24) is 5.32 Å². The summed E-state index contributed by atoms with van der Waals surface area (Å²) in [6.07, 6.45) is 2.44. The first-order chi connectivity index (χ1) is 5.33. The van der Waals surface area contributed by atoms with Gasteiger partial charge in [-0.2, -0.15) is 0 Å². The number of carboxylic acid groups (broad SMARTS) is 1. The quantitative estimate of drug-likeness (QED) is 0.609. The van der Waals surface area contributed by atoms with Crippen LogP contribution in [0.25, 0.3) is 0 Å². The zero-order chi connectivity index (χ0) is 9.78. The molecule has 0 aromatic carbocycles. The highest BCUT2D eigenvalue weighted by molar-refractivity contribution is 5.80. The molecule has 0 bridgehead atoms. The number of nitrogens with one attached hydrogen (secondary N) is 1. The van der Waals surface area contributed by atoms with E-state index in [0.717, 1.165) is 6.08 Å². The molecule has 4 heteroatoms. The second kappa shape index (κ2) is 3.90. The topological polar surface area (TPSA) is 66.4 Å². The minimum absolute atomic E-state index is 0.185. The second-order valence-electron chi connectivity index (χ2n) is 3.07. The highest BCUT2D eigenvalue weighted by atomic mass is 16.4. The molecule has 0 aromatic rings. The molecule has 0 heterocycles. The molecule has 0 aromatic heterocycles. The molecule has 0 unspecified atom stereocenters. The molecule has 0 saturated heterocycles. The zero-order valence-corrected chi connectivity index (χ0v) is 7.42. The maximum absolute atomic E-state index is 10.6. The van der Waals surface area contributed by atoms with Gasteiger partial charge >= 0.3 is 5.97 Å². The number of carbonyl (C=O) groups is 2. The molecule has 0 aliphatic heterocycles.